The Bertz CT molecular complexity index is 739. The van der Waals surface area contributed by atoms with Crippen molar-refractivity contribution in [1.82, 2.24) is 4.31 Å². The highest BCUT2D eigenvalue weighted by Crippen LogP contribution is 2.37. The summed E-state index contributed by atoms with van der Waals surface area (Å²) in [6.07, 6.45) is 0. The number of sulfonamides is 1. The van der Waals surface area contributed by atoms with Gasteiger partial charge in [0.05, 0.1) is 0 Å². The number of hydrogen-bond acceptors (Lipinski definition) is 4. The molecule has 0 aromatic heterocycles. The average molecular weight is 414 g/mol. The highest BCUT2D eigenvalue weighted by atomic mass is 32.2. The van der Waals surface area contributed by atoms with Crippen molar-refractivity contribution in [2.45, 2.75) is 78.7 Å². The van der Waals surface area contributed by atoms with Gasteiger partial charge in [0.1, 0.15) is 11.5 Å². The van der Waals surface area contributed by atoms with E-state index in [-0.39, 0.29) is 17.1 Å². The van der Waals surface area contributed by atoms with Gasteiger partial charge in [-0.1, -0.05) is 20.8 Å². The zero-order chi connectivity index (χ0) is 21.2. The van der Waals surface area contributed by atoms with Gasteiger partial charge in [0.15, 0.2) is 5.78 Å². The Kier molecular flexibility index (Phi) is 7.47. The lowest BCUT2D eigenvalue weighted by Crippen LogP contribution is -2.44. The van der Waals surface area contributed by atoms with Crippen LogP contribution in [-0.4, -0.2) is 44.7 Å². The van der Waals surface area contributed by atoms with Crippen LogP contribution in [-0.2, 0) is 10.0 Å². The summed E-state index contributed by atoms with van der Waals surface area (Å²) >= 11 is 0. The van der Waals surface area contributed by atoms with E-state index in [0.717, 1.165) is 0 Å². The molecule has 0 aliphatic heterocycles. The molecule has 1 aromatic rings. The first-order valence-corrected chi connectivity index (χ1v) is 13.9. The molecule has 5 nitrogen and oxygen atoms in total. The monoisotopic (exact) mass is 413 g/mol. The SMILES string of the molecule is CC(C)N(C(C)C)S(=O)(=O)CC(=O)c1ccc(O[Si](C)(C)C(C)(C)C)cc1. The molecule has 0 fully saturated rings. The van der Waals surface area contributed by atoms with Crippen LogP contribution in [0.3, 0.4) is 0 Å². The van der Waals surface area contributed by atoms with Gasteiger partial charge in [-0.2, -0.15) is 4.31 Å². The van der Waals surface area contributed by atoms with Gasteiger partial charge in [0.25, 0.3) is 0 Å². The molecule has 0 radical (unpaired) electrons. The topological polar surface area (TPSA) is 63.7 Å². The Labute approximate surface area is 166 Å². The third-order valence-electron chi connectivity index (χ3n) is 5.01. The molecular weight excluding hydrogens is 378 g/mol. The second kappa shape index (κ2) is 8.45. The Hall–Kier alpha value is -1.18. The smallest absolute Gasteiger partial charge is 0.250 e. The number of hydrogen-bond donors (Lipinski definition) is 0. The van der Waals surface area contributed by atoms with Gasteiger partial charge in [-0.25, -0.2) is 8.42 Å². The van der Waals surface area contributed by atoms with Gasteiger partial charge in [0.2, 0.25) is 18.3 Å². The van der Waals surface area contributed by atoms with Gasteiger partial charge < -0.3 is 4.43 Å². The molecule has 0 atom stereocenters. The van der Waals surface area contributed by atoms with Crippen molar-refractivity contribution in [3.05, 3.63) is 29.8 Å². The van der Waals surface area contributed by atoms with Crippen LogP contribution in [0, 0.1) is 0 Å². The maximum Gasteiger partial charge on any atom is 0.250 e. The molecule has 0 spiro atoms. The third kappa shape index (κ3) is 6.15. The van der Waals surface area contributed by atoms with Crippen molar-refractivity contribution in [1.29, 1.82) is 0 Å². The van der Waals surface area contributed by atoms with Crippen molar-refractivity contribution in [2.75, 3.05) is 5.75 Å². The Morgan fingerprint density at radius 2 is 1.48 bits per heavy atom. The van der Waals surface area contributed by atoms with Crippen LogP contribution in [0.1, 0.15) is 58.8 Å². The molecule has 27 heavy (non-hydrogen) atoms. The van der Waals surface area contributed by atoms with E-state index in [1.165, 1.54) is 4.31 Å². The summed E-state index contributed by atoms with van der Waals surface area (Å²) in [6.45, 7) is 18.1. The maximum atomic E-state index is 12.6. The molecule has 0 aliphatic rings. The first-order valence-electron chi connectivity index (χ1n) is 9.42. The fraction of sp³-hybridized carbons (Fsp3) is 0.650. The number of carbonyl (C=O) groups is 1. The quantitative estimate of drug-likeness (QED) is 0.458. The molecule has 0 saturated heterocycles. The molecule has 0 amide bonds. The first-order chi connectivity index (χ1) is 12.1. The predicted molar refractivity (Wildman–Crippen MR) is 114 cm³/mol. The number of Topliss-reactive ketones (excluding diaryl/α,β-unsaturated/α-hetero) is 1. The van der Waals surface area contributed by atoms with Crippen molar-refractivity contribution in [2.24, 2.45) is 0 Å². The second-order valence-corrected chi connectivity index (χ2v) is 15.7. The lowest BCUT2D eigenvalue weighted by atomic mass is 10.1. The molecule has 0 bridgehead atoms. The van der Waals surface area contributed by atoms with Crippen molar-refractivity contribution in [3.8, 4) is 5.75 Å². The van der Waals surface area contributed by atoms with Crippen LogP contribution in [0.2, 0.25) is 18.1 Å². The molecule has 0 saturated carbocycles. The van der Waals surface area contributed by atoms with Crippen molar-refractivity contribution in [3.63, 3.8) is 0 Å². The summed E-state index contributed by atoms with van der Waals surface area (Å²) in [5, 5.41) is 0.0761. The van der Waals surface area contributed by atoms with Crippen LogP contribution in [0.25, 0.3) is 0 Å². The minimum absolute atomic E-state index is 0.0761. The van der Waals surface area contributed by atoms with E-state index in [9.17, 15) is 13.2 Å². The molecule has 0 unspecified atom stereocenters. The van der Waals surface area contributed by atoms with Gasteiger partial charge in [0, 0.05) is 17.6 Å². The Morgan fingerprint density at radius 3 is 1.85 bits per heavy atom. The summed E-state index contributed by atoms with van der Waals surface area (Å²) in [7, 11) is -5.62. The van der Waals surface area contributed by atoms with Crippen LogP contribution in [0.4, 0.5) is 0 Å². The summed E-state index contributed by atoms with van der Waals surface area (Å²) in [6, 6.07) is 6.42. The normalized spacial score (nSPS) is 13.5. The van der Waals surface area contributed by atoms with E-state index >= 15 is 0 Å². The van der Waals surface area contributed by atoms with Crippen LogP contribution in [0.15, 0.2) is 24.3 Å². The molecule has 0 heterocycles. The first kappa shape index (κ1) is 23.9. The predicted octanol–water partition coefficient (Wildman–Crippen LogP) is 4.70. The zero-order valence-electron chi connectivity index (χ0n) is 18.2. The van der Waals surface area contributed by atoms with Crippen molar-refractivity contribution < 1.29 is 17.6 Å². The van der Waals surface area contributed by atoms with E-state index in [4.69, 9.17) is 4.43 Å². The summed E-state index contributed by atoms with van der Waals surface area (Å²) in [5.41, 5.74) is 0.383. The summed E-state index contributed by atoms with van der Waals surface area (Å²) < 4.78 is 32.9. The lowest BCUT2D eigenvalue weighted by molar-refractivity contribution is 0.101. The molecule has 0 N–H and O–H groups in total. The van der Waals surface area contributed by atoms with E-state index in [1.807, 2.05) is 27.7 Å². The summed E-state index contributed by atoms with van der Waals surface area (Å²) in [4.78, 5) is 12.5. The van der Waals surface area contributed by atoms with Gasteiger partial charge in [-0.05, 0) is 70.1 Å². The maximum absolute atomic E-state index is 12.6. The fourth-order valence-electron chi connectivity index (χ4n) is 2.72. The largest absolute Gasteiger partial charge is 0.544 e. The molecule has 0 aliphatic carbocycles. The average Bonchev–Trinajstić information content (AvgIpc) is 2.44. The van der Waals surface area contributed by atoms with E-state index in [1.54, 1.807) is 24.3 Å². The second-order valence-electron chi connectivity index (χ2n) is 9.08. The molecule has 1 aromatic carbocycles. The van der Waals surface area contributed by atoms with Gasteiger partial charge in [-0.15, -0.1) is 0 Å². The van der Waals surface area contributed by atoms with Crippen LogP contribution in [0.5, 0.6) is 5.75 Å². The van der Waals surface area contributed by atoms with E-state index in [2.05, 4.69) is 33.9 Å². The number of nitrogens with zero attached hydrogens (tertiary/aromatic N) is 1. The number of benzene rings is 1. The zero-order valence-corrected chi connectivity index (χ0v) is 20.0. The van der Waals surface area contributed by atoms with E-state index in [0.29, 0.717) is 11.3 Å². The highest BCUT2D eigenvalue weighted by Gasteiger charge is 2.39. The lowest BCUT2D eigenvalue weighted by Gasteiger charge is -2.36. The molecule has 1 rings (SSSR count). The number of rotatable bonds is 8. The number of carbonyl (C=O) groups excluding carboxylic acids is 1. The highest BCUT2D eigenvalue weighted by molar-refractivity contribution is 7.89. The standard InChI is InChI=1S/C20H35NO4SSi/c1-15(2)21(16(3)4)26(23,24)14-19(22)17-10-12-18(13-11-17)25-27(8,9)20(5,6)7/h10-13,15-16H,14H2,1-9H3. The van der Waals surface area contributed by atoms with Gasteiger partial charge >= 0.3 is 0 Å². The van der Waals surface area contributed by atoms with Crippen molar-refractivity contribution >= 4 is 24.1 Å². The van der Waals surface area contributed by atoms with Gasteiger partial charge in [-0.3, -0.25) is 4.79 Å². The fourth-order valence-corrected chi connectivity index (χ4v) is 5.68. The molecule has 7 heteroatoms. The number of ketones is 1. The minimum atomic E-state index is -3.67. The van der Waals surface area contributed by atoms with Crippen LogP contribution < -0.4 is 4.43 Å². The summed E-state index contributed by atoms with van der Waals surface area (Å²) in [5.74, 6) is -0.210. The third-order valence-corrected chi connectivity index (χ3v) is 11.5. The van der Waals surface area contributed by atoms with E-state index < -0.39 is 29.9 Å². The Morgan fingerprint density at radius 1 is 1.04 bits per heavy atom. The molecular formula is C20H35NO4SSi. The Balaban J connectivity index is 2.95. The van der Waals surface area contributed by atoms with Crippen LogP contribution >= 0.6 is 0 Å². The molecule has 154 valence electrons. The minimum Gasteiger partial charge on any atom is -0.544 e.